The van der Waals surface area contributed by atoms with Gasteiger partial charge in [-0.05, 0) is 31.9 Å². The standard InChI is InChI=1S/C16H25N3O2/c1-2-17-16(20)15-12-13(8-9-19-15)18-10-11-21-14-6-4-3-5-7-14/h8-9,12,14H,2-7,10-11H2,1H3,(H,17,20)(H,18,19). The first kappa shape index (κ1) is 15.8. The van der Waals surface area contributed by atoms with Gasteiger partial charge in [0.1, 0.15) is 5.69 Å². The van der Waals surface area contributed by atoms with E-state index >= 15 is 0 Å². The average molecular weight is 291 g/mol. The van der Waals surface area contributed by atoms with Gasteiger partial charge in [0, 0.05) is 25.0 Å². The average Bonchev–Trinajstić information content (AvgIpc) is 2.53. The molecule has 5 heteroatoms. The number of anilines is 1. The van der Waals surface area contributed by atoms with Crippen molar-refractivity contribution in [3.05, 3.63) is 24.0 Å². The van der Waals surface area contributed by atoms with Crippen LogP contribution >= 0.6 is 0 Å². The molecule has 116 valence electrons. The lowest BCUT2D eigenvalue weighted by molar-refractivity contribution is 0.0347. The summed E-state index contributed by atoms with van der Waals surface area (Å²) in [5.41, 5.74) is 1.34. The number of amides is 1. The third-order valence-electron chi connectivity index (χ3n) is 3.67. The first-order valence-corrected chi connectivity index (χ1v) is 7.89. The molecule has 21 heavy (non-hydrogen) atoms. The molecule has 1 aromatic heterocycles. The second-order valence-corrected chi connectivity index (χ2v) is 5.35. The van der Waals surface area contributed by atoms with Crippen LogP contribution in [0, 0.1) is 0 Å². The Balaban J connectivity index is 1.72. The molecule has 0 atom stereocenters. The molecule has 2 N–H and O–H groups in total. The molecule has 1 saturated carbocycles. The maximum absolute atomic E-state index is 11.7. The van der Waals surface area contributed by atoms with Gasteiger partial charge in [-0.3, -0.25) is 9.78 Å². The fourth-order valence-electron chi connectivity index (χ4n) is 2.57. The Morgan fingerprint density at radius 2 is 2.19 bits per heavy atom. The Hall–Kier alpha value is -1.62. The predicted molar refractivity (Wildman–Crippen MR) is 83.6 cm³/mol. The minimum atomic E-state index is -0.139. The molecule has 1 aromatic rings. The quantitative estimate of drug-likeness (QED) is 0.758. The van der Waals surface area contributed by atoms with Gasteiger partial charge in [-0.2, -0.15) is 0 Å². The Morgan fingerprint density at radius 1 is 1.38 bits per heavy atom. The SMILES string of the molecule is CCNC(=O)c1cc(NCCOC2CCCCC2)ccn1. The van der Waals surface area contributed by atoms with Crippen LogP contribution in [0.1, 0.15) is 49.5 Å². The van der Waals surface area contributed by atoms with Gasteiger partial charge in [-0.1, -0.05) is 19.3 Å². The fraction of sp³-hybridized carbons (Fsp3) is 0.625. The summed E-state index contributed by atoms with van der Waals surface area (Å²) in [5.74, 6) is -0.139. The van der Waals surface area contributed by atoms with Crippen LogP contribution in [-0.4, -0.2) is 36.7 Å². The van der Waals surface area contributed by atoms with Crippen molar-refractivity contribution in [2.45, 2.75) is 45.1 Å². The molecule has 1 heterocycles. The Bertz CT molecular complexity index is 445. The van der Waals surface area contributed by atoms with Crippen molar-refractivity contribution in [3.8, 4) is 0 Å². The van der Waals surface area contributed by atoms with E-state index in [1.807, 2.05) is 13.0 Å². The van der Waals surface area contributed by atoms with Crippen molar-refractivity contribution >= 4 is 11.6 Å². The Kier molecular flexibility index (Phi) is 6.47. The van der Waals surface area contributed by atoms with E-state index in [-0.39, 0.29) is 5.91 Å². The van der Waals surface area contributed by atoms with Crippen LogP contribution in [0.2, 0.25) is 0 Å². The number of rotatable bonds is 7. The van der Waals surface area contributed by atoms with Gasteiger partial charge < -0.3 is 15.4 Å². The maximum Gasteiger partial charge on any atom is 0.269 e. The Labute approximate surface area is 126 Å². The molecule has 1 fully saturated rings. The lowest BCUT2D eigenvalue weighted by Crippen LogP contribution is -2.24. The summed E-state index contributed by atoms with van der Waals surface area (Å²) in [6.07, 6.45) is 8.39. The molecule has 5 nitrogen and oxygen atoms in total. The van der Waals surface area contributed by atoms with Crippen LogP contribution in [0.5, 0.6) is 0 Å². The number of hydrogen-bond acceptors (Lipinski definition) is 4. The number of nitrogens with one attached hydrogen (secondary N) is 2. The summed E-state index contributed by atoms with van der Waals surface area (Å²) in [6, 6.07) is 3.63. The molecule has 2 rings (SSSR count). The van der Waals surface area contributed by atoms with E-state index in [9.17, 15) is 4.79 Å². The topological polar surface area (TPSA) is 63.2 Å². The summed E-state index contributed by atoms with van der Waals surface area (Å²) in [7, 11) is 0. The van der Waals surface area contributed by atoms with Crippen LogP contribution in [0.25, 0.3) is 0 Å². The van der Waals surface area contributed by atoms with Crippen molar-refractivity contribution in [1.29, 1.82) is 0 Å². The molecule has 0 spiro atoms. The zero-order valence-corrected chi connectivity index (χ0v) is 12.7. The second kappa shape index (κ2) is 8.62. The third kappa shape index (κ3) is 5.34. The second-order valence-electron chi connectivity index (χ2n) is 5.35. The minimum absolute atomic E-state index is 0.139. The molecular formula is C16H25N3O2. The smallest absolute Gasteiger partial charge is 0.269 e. The van der Waals surface area contributed by atoms with Gasteiger partial charge in [0.15, 0.2) is 0 Å². The lowest BCUT2D eigenvalue weighted by atomic mass is 9.98. The highest BCUT2D eigenvalue weighted by Gasteiger charge is 2.13. The molecule has 0 aliphatic heterocycles. The van der Waals surface area contributed by atoms with E-state index in [2.05, 4.69) is 15.6 Å². The largest absolute Gasteiger partial charge is 0.383 e. The van der Waals surface area contributed by atoms with Crippen molar-refractivity contribution in [1.82, 2.24) is 10.3 Å². The highest BCUT2D eigenvalue weighted by molar-refractivity contribution is 5.93. The number of hydrogen-bond donors (Lipinski definition) is 2. The van der Waals surface area contributed by atoms with Crippen LogP contribution < -0.4 is 10.6 Å². The number of aromatic nitrogens is 1. The van der Waals surface area contributed by atoms with Crippen molar-refractivity contribution in [2.75, 3.05) is 25.0 Å². The number of carbonyl (C=O) groups is 1. The van der Waals surface area contributed by atoms with Crippen molar-refractivity contribution < 1.29 is 9.53 Å². The fourth-order valence-corrected chi connectivity index (χ4v) is 2.57. The summed E-state index contributed by atoms with van der Waals surface area (Å²) in [5, 5.41) is 6.02. The molecule has 1 aliphatic rings. The van der Waals surface area contributed by atoms with E-state index in [1.165, 1.54) is 32.1 Å². The molecule has 1 aliphatic carbocycles. The molecule has 0 unspecified atom stereocenters. The maximum atomic E-state index is 11.7. The van der Waals surface area contributed by atoms with Crippen molar-refractivity contribution in [2.24, 2.45) is 0 Å². The lowest BCUT2D eigenvalue weighted by Gasteiger charge is -2.22. The van der Waals surface area contributed by atoms with E-state index in [0.717, 1.165) is 12.2 Å². The Morgan fingerprint density at radius 3 is 2.95 bits per heavy atom. The zero-order valence-electron chi connectivity index (χ0n) is 12.7. The van der Waals surface area contributed by atoms with Gasteiger partial charge in [0.25, 0.3) is 5.91 Å². The first-order valence-electron chi connectivity index (χ1n) is 7.89. The summed E-state index contributed by atoms with van der Waals surface area (Å²) in [4.78, 5) is 15.8. The minimum Gasteiger partial charge on any atom is -0.383 e. The summed E-state index contributed by atoms with van der Waals surface area (Å²) in [6.45, 7) is 3.94. The normalized spacial score (nSPS) is 15.7. The van der Waals surface area contributed by atoms with E-state index < -0.39 is 0 Å². The predicted octanol–water partition coefficient (Wildman–Crippen LogP) is 2.59. The molecule has 0 aromatic carbocycles. The van der Waals surface area contributed by atoms with Gasteiger partial charge in [-0.25, -0.2) is 0 Å². The van der Waals surface area contributed by atoms with Crippen molar-refractivity contribution in [3.63, 3.8) is 0 Å². The van der Waals surface area contributed by atoms with Gasteiger partial charge >= 0.3 is 0 Å². The first-order chi connectivity index (χ1) is 10.3. The molecule has 0 radical (unpaired) electrons. The number of pyridine rings is 1. The van der Waals surface area contributed by atoms with Gasteiger partial charge in [-0.15, -0.1) is 0 Å². The van der Waals surface area contributed by atoms with Gasteiger partial charge in [0.05, 0.1) is 12.7 Å². The van der Waals surface area contributed by atoms with Crippen LogP contribution in [0.3, 0.4) is 0 Å². The highest BCUT2D eigenvalue weighted by atomic mass is 16.5. The molecule has 1 amide bonds. The summed E-state index contributed by atoms with van der Waals surface area (Å²) < 4.78 is 5.86. The van der Waals surface area contributed by atoms with E-state index in [4.69, 9.17) is 4.74 Å². The third-order valence-corrected chi connectivity index (χ3v) is 3.67. The number of carbonyl (C=O) groups excluding carboxylic acids is 1. The van der Waals surface area contributed by atoms with E-state index in [1.54, 1.807) is 12.3 Å². The highest BCUT2D eigenvalue weighted by Crippen LogP contribution is 2.20. The van der Waals surface area contributed by atoms with E-state index in [0.29, 0.717) is 24.9 Å². The number of nitrogens with zero attached hydrogens (tertiary/aromatic N) is 1. The molecular weight excluding hydrogens is 266 g/mol. The summed E-state index contributed by atoms with van der Waals surface area (Å²) >= 11 is 0. The molecule has 0 saturated heterocycles. The monoisotopic (exact) mass is 291 g/mol. The van der Waals surface area contributed by atoms with Crippen LogP contribution in [0.4, 0.5) is 5.69 Å². The number of ether oxygens (including phenoxy) is 1. The van der Waals surface area contributed by atoms with Crippen LogP contribution in [-0.2, 0) is 4.74 Å². The van der Waals surface area contributed by atoms with Gasteiger partial charge in [0.2, 0.25) is 0 Å². The zero-order chi connectivity index (χ0) is 14.9. The van der Waals surface area contributed by atoms with Crippen LogP contribution in [0.15, 0.2) is 18.3 Å². The molecule has 0 bridgehead atoms.